The van der Waals surface area contributed by atoms with Crippen molar-refractivity contribution < 1.29 is 0 Å². The summed E-state index contributed by atoms with van der Waals surface area (Å²) >= 11 is 0. The van der Waals surface area contributed by atoms with Gasteiger partial charge in [-0.15, -0.1) is 0 Å². The van der Waals surface area contributed by atoms with Gasteiger partial charge in [-0.1, -0.05) is 74.5 Å². The second kappa shape index (κ2) is 9.42. The number of hydrogen-bond acceptors (Lipinski definition) is 3. The standard InChI is InChI=1S/C31H37N3/c1-31(2)28-12-8-9-13-29(28)34(7)30(31)14-10-11-27(23-15-19-25(20-16-23)32(3)4)24-17-21-26(22-18-24)33(5)6/h8-22,30H,1-7H3/b14-10+. The molecule has 0 radical (unpaired) electrons. The molecular formula is C31H37N3. The van der Waals surface area contributed by atoms with Gasteiger partial charge in [-0.3, -0.25) is 0 Å². The van der Waals surface area contributed by atoms with Crippen molar-refractivity contribution in [2.45, 2.75) is 25.3 Å². The maximum absolute atomic E-state index is 2.40. The van der Waals surface area contributed by atoms with E-state index in [-0.39, 0.29) is 5.41 Å². The molecule has 0 saturated carbocycles. The highest BCUT2D eigenvalue weighted by atomic mass is 15.2. The van der Waals surface area contributed by atoms with Crippen molar-refractivity contribution in [3.05, 3.63) is 108 Å². The molecule has 0 saturated heterocycles. The van der Waals surface area contributed by atoms with Crippen molar-refractivity contribution in [3.63, 3.8) is 0 Å². The lowest BCUT2D eigenvalue weighted by molar-refractivity contribution is 0.488. The Hall–Kier alpha value is -3.46. The van der Waals surface area contributed by atoms with Gasteiger partial charge in [0.1, 0.15) is 0 Å². The average molecular weight is 452 g/mol. The zero-order chi connectivity index (χ0) is 24.5. The van der Waals surface area contributed by atoms with E-state index in [4.69, 9.17) is 0 Å². The largest absolute Gasteiger partial charge is 0.378 e. The topological polar surface area (TPSA) is 9.72 Å². The zero-order valence-corrected chi connectivity index (χ0v) is 21.6. The van der Waals surface area contributed by atoms with Crippen molar-refractivity contribution in [3.8, 4) is 0 Å². The van der Waals surface area contributed by atoms with E-state index in [1.165, 1.54) is 39.3 Å². The first-order valence-electron chi connectivity index (χ1n) is 12.0. The number of allylic oxidation sites excluding steroid dienone is 2. The van der Waals surface area contributed by atoms with Crippen LogP contribution in [0.2, 0.25) is 0 Å². The molecule has 0 aliphatic carbocycles. The number of hydrogen-bond donors (Lipinski definition) is 0. The summed E-state index contributed by atoms with van der Waals surface area (Å²) in [6.07, 6.45) is 6.86. The number of nitrogens with zero attached hydrogens (tertiary/aromatic N) is 3. The van der Waals surface area contributed by atoms with E-state index >= 15 is 0 Å². The van der Waals surface area contributed by atoms with E-state index in [0.717, 1.165) is 0 Å². The highest BCUT2D eigenvalue weighted by Gasteiger charge is 2.41. The molecule has 0 spiro atoms. The summed E-state index contributed by atoms with van der Waals surface area (Å²) in [5.41, 5.74) is 8.85. The molecule has 0 amide bonds. The molecular weight excluding hydrogens is 414 g/mol. The lowest BCUT2D eigenvalue weighted by atomic mass is 9.80. The zero-order valence-electron chi connectivity index (χ0n) is 21.6. The van der Waals surface area contributed by atoms with Gasteiger partial charge in [0.05, 0.1) is 6.04 Å². The third-order valence-corrected chi connectivity index (χ3v) is 7.08. The molecule has 1 aliphatic rings. The first-order valence-corrected chi connectivity index (χ1v) is 12.0. The Kier molecular flexibility index (Phi) is 6.56. The molecule has 0 fully saturated rings. The summed E-state index contributed by atoms with van der Waals surface area (Å²) in [7, 11) is 10.5. The highest BCUT2D eigenvalue weighted by molar-refractivity contribution is 5.82. The Morgan fingerprint density at radius 1 is 0.765 bits per heavy atom. The first kappa shape index (κ1) is 23.7. The summed E-state index contributed by atoms with van der Waals surface area (Å²) in [5, 5.41) is 0. The number of para-hydroxylation sites is 1. The van der Waals surface area contributed by atoms with Crippen LogP contribution in [0, 0.1) is 0 Å². The number of rotatable bonds is 6. The van der Waals surface area contributed by atoms with E-state index in [9.17, 15) is 0 Å². The van der Waals surface area contributed by atoms with Crippen molar-refractivity contribution >= 4 is 22.6 Å². The van der Waals surface area contributed by atoms with Crippen LogP contribution in [0.3, 0.4) is 0 Å². The average Bonchev–Trinajstić information content (AvgIpc) is 3.02. The van der Waals surface area contributed by atoms with Crippen molar-refractivity contribution in [1.29, 1.82) is 0 Å². The maximum atomic E-state index is 2.40. The van der Waals surface area contributed by atoms with E-state index in [0.29, 0.717) is 6.04 Å². The normalized spacial score (nSPS) is 16.4. The van der Waals surface area contributed by atoms with Gasteiger partial charge >= 0.3 is 0 Å². The van der Waals surface area contributed by atoms with Gasteiger partial charge in [0, 0.05) is 57.7 Å². The summed E-state index contributed by atoms with van der Waals surface area (Å²) in [5.74, 6) is 0. The summed E-state index contributed by atoms with van der Waals surface area (Å²) in [6.45, 7) is 4.68. The van der Waals surface area contributed by atoms with E-state index < -0.39 is 0 Å². The van der Waals surface area contributed by atoms with Gasteiger partial charge in [-0.2, -0.15) is 0 Å². The fourth-order valence-electron chi connectivity index (χ4n) is 4.98. The second-order valence-corrected chi connectivity index (χ2v) is 10.1. The Morgan fingerprint density at radius 2 is 1.26 bits per heavy atom. The van der Waals surface area contributed by atoms with Crippen LogP contribution in [0.4, 0.5) is 17.1 Å². The third kappa shape index (κ3) is 4.48. The number of benzene rings is 3. The van der Waals surface area contributed by atoms with Gasteiger partial charge in [0.2, 0.25) is 0 Å². The van der Waals surface area contributed by atoms with Gasteiger partial charge in [-0.05, 0) is 52.6 Å². The van der Waals surface area contributed by atoms with Crippen molar-refractivity contribution in [2.24, 2.45) is 0 Å². The number of fused-ring (bicyclic) bond motifs is 1. The van der Waals surface area contributed by atoms with Crippen molar-refractivity contribution in [2.75, 3.05) is 49.9 Å². The fraction of sp³-hybridized carbons (Fsp3) is 0.290. The summed E-state index contributed by atoms with van der Waals surface area (Å²) in [6, 6.07) is 26.7. The molecule has 1 heterocycles. The molecule has 3 aromatic rings. The minimum atomic E-state index is 0.0521. The molecule has 3 nitrogen and oxygen atoms in total. The molecule has 0 N–H and O–H groups in total. The Morgan fingerprint density at radius 3 is 1.74 bits per heavy atom. The minimum Gasteiger partial charge on any atom is -0.378 e. The monoisotopic (exact) mass is 451 g/mol. The van der Waals surface area contributed by atoms with E-state index in [1.54, 1.807) is 0 Å². The lowest BCUT2D eigenvalue weighted by Gasteiger charge is -2.29. The van der Waals surface area contributed by atoms with Crippen LogP contribution in [0.15, 0.2) is 91.0 Å². The predicted octanol–water partition coefficient (Wildman–Crippen LogP) is 6.60. The summed E-state index contributed by atoms with van der Waals surface area (Å²) in [4.78, 5) is 6.67. The number of anilines is 3. The van der Waals surface area contributed by atoms with Gasteiger partial charge in [-0.25, -0.2) is 0 Å². The third-order valence-electron chi connectivity index (χ3n) is 7.08. The van der Waals surface area contributed by atoms with Gasteiger partial charge in [0.25, 0.3) is 0 Å². The fourth-order valence-corrected chi connectivity index (χ4v) is 4.98. The van der Waals surface area contributed by atoms with E-state index in [2.05, 4.69) is 155 Å². The Labute approximate surface area is 205 Å². The smallest absolute Gasteiger partial charge is 0.0565 e. The SMILES string of the molecule is CN(C)c1ccc(C(=C/C=C/C2N(C)c3ccccc3C2(C)C)c2ccc(N(C)C)cc2)cc1. The molecule has 4 rings (SSSR count). The Bertz CT molecular complexity index is 1130. The second-order valence-electron chi connectivity index (χ2n) is 10.1. The van der Waals surface area contributed by atoms with Crippen molar-refractivity contribution in [1.82, 2.24) is 0 Å². The van der Waals surface area contributed by atoms with Gasteiger partial charge in [0.15, 0.2) is 0 Å². The van der Waals surface area contributed by atoms with Crippen LogP contribution in [-0.2, 0) is 5.41 Å². The molecule has 3 aromatic carbocycles. The van der Waals surface area contributed by atoms with Gasteiger partial charge < -0.3 is 14.7 Å². The molecule has 1 unspecified atom stereocenters. The molecule has 3 heteroatoms. The predicted molar refractivity (Wildman–Crippen MR) is 149 cm³/mol. The maximum Gasteiger partial charge on any atom is 0.0565 e. The van der Waals surface area contributed by atoms with Crippen LogP contribution in [-0.4, -0.2) is 41.3 Å². The van der Waals surface area contributed by atoms with Crippen LogP contribution in [0.5, 0.6) is 0 Å². The number of likely N-dealkylation sites (N-methyl/N-ethyl adjacent to an activating group) is 1. The highest BCUT2D eigenvalue weighted by Crippen LogP contribution is 2.44. The minimum absolute atomic E-state index is 0.0521. The molecule has 0 aromatic heterocycles. The molecule has 1 aliphatic heterocycles. The molecule has 176 valence electrons. The lowest BCUT2D eigenvalue weighted by Crippen LogP contribution is -2.37. The van der Waals surface area contributed by atoms with Crippen LogP contribution in [0.25, 0.3) is 5.57 Å². The Balaban J connectivity index is 1.70. The summed E-state index contributed by atoms with van der Waals surface area (Å²) < 4.78 is 0. The molecule has 0 bridgehead atoms. The molecule has 34 heavy (non-hydrogen) atoms. The van der Waals surface area contributed by atoms with Crippen LogP contribution < -0.4 is 14.7 Å². The molecule has 1 atom stereocenters. The van der Waals surface area contributed by atoms with Crippen LogP contribution in [0.1, 0.15) is 30.5 Å². The first-order chi connectivity index (χ1) is 16.2. The van der Waals surface area contributed by atoms with E-state index in [1.807, 2.05) is 0 Å². The van der Waals surface area contributed by atoms with Crippen LogP contribution >= 0.6 is 0 Å². The quantitative estimate of drug-likeness (QED) is 0.391.